The van der Waals surface area contributed by atoms with E-state index >= 15 is 0 Å². The van der Waals surface area contributed by atoms with Crippen molar-refractivity contribution in [2.75, 3.05) is 0 Å². The summed E-state index contributed by atoms with van der Waals surface area (Å²) in [5.41, 5.74) is 1.65. The van der Waals surface area contributed by atoms with E-state index in [1.54, 1.807) is 24.3 Å². The number of nitro benzene ring substituents is 2. The average Bonchev–Trinajstić information content (AvgIpc) is 2.55. The largest absolute Gasteiger partial charge is 0.388 e. The van der Waals surface area contributed by atoms with Crippen molar-refractivity contribution in [3.63, 3.8) is 0 Å². The minimum atomic E-state index is -0.686. The fraction of sp³-hybridized carbons (Fsp3) is 0.250. The smallest absolute Gasteiger partial charge is 0.269 e. The summed E-state index contributed by atoms with van der Waals surface area (Å²) in [5, 5.41) is 31.2. The molecular formula is C16H16N2O5. The van der Waals surface area contributed by atoms with Gasteiger partial charge in [0.2, 0.25) is 0 Å². The Bertz CT molecular complexity index is 683. The molecule has 0 aliphatic rings. The van der Waals surface area contributed by atoms with E-state index in [-0.39, 0.29) is 11.4 Å². The number of nitro groups is 2. The van der Waals surface area contributed by atoms with Crippen LogP contribution < -0.4 is 0 Å². The predicted octanol–water partition coefficient (Wildman–Crippen LogP) is 3.56. The lowest BCUT2D eigenvalue weighted by atomic mass is 10.0. The molecule has 0 aliphatic carbocycles. The highest BCUT2D eigenvalue weighted by Gasteiger charge is 2.11. The van der Waals surface area contributed by atoms with Crippen molar-refractivity contribution in [3.05, 3.63) is 79.9 Å². The number of aliphatic hydroxyl groups is 1. The van der Waals surface area contributed by atoms with Gasteiger partial charge in [-0.1, -0.05) is 12.1 Å². The van der Waals surface area contributed by atoms with E-state index < -0.39 is 16.0 Å². The van der Waals surface area contributed by atoms with Crippen LogP contribution in [0, 0.1) is 20.2 Å². The van der Waals surface area contributed by atoms with E-state index in [1.165, 1.54) is 24.3 Å². The van der Waals surface area contributed by atoms with E-state index in [2.05, 4.69) is 0 Å². The van der Waals surface area contributed by atoms with Crippen molar-refractivity contribution in [2.24, 2.45) is 0 Å². The molecule has 0 spiro atoms. The van der Waals surface area contributed by atoms with Crippen molar-refractivity contribution in [1.29, 1.82) is 0 Å². The van der Waals surface area contributed by atoms with Crippen LogP contribution in [0.3, 0.4) is 0 Å². The molecule has 7 heteroatoms. The number of non-ortho nitro benzene ring substituents is 2. The molecule has 1 atom stereocenters. The van der Waals surface area contributed by atoms with Crippen LogP contribution in [0.15, 0.2) is 48.5 Å². The van der Waals surface area contributed by atoms with E-state index in [9.17, 15) is 25.3 Å². The van der Waals surface area contributed by atoms with E-state index in [4.69, 9.17) is 0 Å². The Morgan fingerprint density at radius 3 is 1.83 bits per heavy atom. The molecule has 0 aliphatic heterocycles. The number of hydrogen-bond donors (Lipinski definition) is 1. The van der Waals surface area contributed by atoms with E-state index in [0.29, 0.717) is 24.8 Å². The molecule has 0 amide bonds. The molecule has 2 aromatic rings. The van der Waals surface area contributed by atoms with Gasteiger partial charge in [0.1, 0.15) is 0 Å². The third kappa shape index (κ3) is 4.58. The maximum atomic E-state index is 10.6. The molecule has 23 heavy (non-hydrogen) atoms. The van der Waals surface area contributed by atoms with Crippen LogP contribution in [0.1, 0.15) is 30.1 Å². The Morgan fingerprint density at radius 2 is 1.35 bits per heavy atom. The van der Waals surface area contributed by atoms with E-state index in [0.717, 1.165) is 5.56 Å². The summed E-state index contributed by atoms with van der Waals surface area (Å²) in [4.78, 5) is 20.2. The second kappa shape index (κ2) is 7.46. The second-order valence-corrected chi connectivity index (χ2v) is 5.18. The van der Waals surface area contributed by atoms with Gasteiger partial charge < -0.3 is 5.11 Å². The van der Waals surface area contributed by atoms with Crippen LogP contribution in [0.5, 0.6) is 0 Å². The van der Waals surface area contributed by atoms with Gasteiger partial charge in [-0.2, -0.15) is 0 Å². The Morgan fingerprint density at radius 1 is 0.870 bits per heavy atom. The molecule has 0 saturated heterocycles. The molecule has 7 nitrogen and oxygen atoms in total. The fourth-order valence-corrected chi connectivity index (χ4v) is 2.27. The standard InChI is InChI=1S/C16H16N2O5/c19-16(13-6-10-15(11-7-13)18(22)23)3-1-2-12-4-8-14(9-5-12)17(20)21/h4-11,16,19H,1-3H2/t16-/m1/s1. The van der Waals surface area contributed by atoms with Crippen LogP contribution in [0.2, 0.25) is 0 Å². The Labute approximate surface area is 132 Å². The summed E-state index contributed by atoms with van der Waals surface area (Å²) in [5.74, 6) is 0. The van der Waals surface area contributed by atoms with Crippen molar-refractivity contribution in [1.82, 2.24) is 0 Å². The van der Waals surface area contributed by atoms with Gasteiger partial charge in [-0.25, -0.2) is 0 Å². The monoisotopic (exact) mass is 316 g/mol. The predicted molar refractivity (Wildman–Crippen MR) is 84.1 cm³/mol. The van der Waals surface area contributed by atoms with Crippen LogP contribution in [-0.2, 0) is 6.42 Å². The lowest BCUT2D eigenvalue weighted by molar-refractivity contribution is -0.385. The van der Waals surface area contributed by atoms with Crippen molar-refractivity contribution in [3.8, 4) is 0 Å². The molecule has 0 aromatic heterocycles. The third-order valence-electron chi connectivity index (χ3n) is 3.58. The first kappa shape index (κ1) is 16.6. The summed E-state index contributed by atoms with van der Waals surface area (Å²) in [6.07, 6.45) is 1.22. The lowest BCUT2D eigenvalue weighted by Crippen LogP contribution is -1.99. The second-order valence-electron chi connectivity index (χ2n) is 5.18. The summed E-state index contributed by atoms with van der Waals surface area (Å²) in [7, 11) is 0. The highest BCUT2D eigenvalue weighted by molar-refractivity contribution is 5.34. The molecule has 120 valence electrons. The third-order valence-corrected chi connectivity index (χ3v) is 3.58. The lowest BCUT2D eigenvalue weighted by Gasteiger charge is -2.10. The van der Waals surface area contributed by atoms with Crippen molar-refractivity contribution < 1.29 is 15.0 Å². The molecule has 2 aromatic carbocycles. The molecule has 0 heterocycles. The number of rotatable bonds is 7. The molecule has 0 bridgehead atoms. The minimum Gasteiger partial charge on any atom is -0.388 e. The van der Waals surface area contributed by atoms with Gasteiger partial charge in [0.25, 0.3) is 11.4 Å². The highest BCUT2D eigenvalue weighted by atomic mass is 16.6. The zero-order valence-electron chi connectivity index (χ0n) is 12.3. The molecule has 0 saturated carbocycles. The summed E-state index contributed by atoms with van der Waals surface area (Å²) in [6.45, 7) is 0. The first-order valence-electron chi connectivity index (χ1n) is 7.13. The normalized spacial score (nSPS) is 11.9. The maximum absolute atomic E-state index is 10.6. The number of hydrogen-bond acceptors (Lipinski definition) is 5. The maximum Gasteiger partial charge on any atom is 0.269 e. The van der Waals surface area contributed by atoms with Gasteiger partial charge in [0.05, 0.1) is 16.0 Å². The Balaban J connectivity index is 1.85. The van der Waals surface area contributed by atoms with Gasteiger partial charge >= 0.3 is 0 Å². The first-order valence-corrected chi connectivity index (χ1v) is 7.13. The minimum absolute atomic E-state index is 0.00756. The Hall–Kier alpha value is -2.80. The molecule has 0 radical (unpaired) electrons. The van der Waals surface area contributed by atoms with Crippen molar-refractivity contribution in [2.45, 2.75) is 25.4 Å². The fourth-order valence-electron chi connectivity index (χ4n) is 2.27. The van der Waals surface area contributed by atoms with Crippen molar-refractivity contribution >= 4 is 11.4 Å². The SMILES string of the molecule is O=[N+]([O-])c1ccc(CCC[C@@H](O)c2ccc([N+](=O)[O-])cc2)cc1. The molecule has 0 fully saturated rings. The summed E-state index contributed by atoms with van der Waals surface area (Å²) >= 11 is 0. The van der Waals surface area contributed by atoms with Crippen LogP contribution in [-0.4, -0.2) is 15.0 Å². The molecule has 1 N–H and O–H groups in total. The molecule has 2 rings (SSSR count). The quantitative estimate of drug-likeness (QED) is 0.621. The van der Waals surface area contributed by atoms with Crippen LogP contribution >= 0.6 is 0 Å². The van der Waals surface area contributed by atoms with Gasteiger partial charge in [-0.15, -0.1) is 0 Å². The average molecular weight is 316 g/mol. The zero-order valence-corrected chi connectivity index (χ0v) is 12.3. The Kier molecular flexibility index (Phi) is 5.37. The van der Waals surface area contributed by atoms with Gasteiger partial charge in [0, 0.05) is 24.3 Å². The molecule has 0 unspecified atom stereocenters. The number of nitrogens with zero attached hydrogens (tertiary/aromatic N) is 2. The van der Waals surface area contributed by atoms with Crippen LogP contribution in [0.25, 0.3) is 0 Å². The van der Waals surface area contributed by atoms with E-state index in [1.807, 2.05) is 0 Å². The highest BCUT2D eigenvalue weighted by Crippen LogP contribution is 2.22. The number of aryl methyl sites for hydroxylation is 1. The summed E-state index contributed by atoms with van der Waals surface area (Å²) in [6, 6.07) is 12.2. The molecular weight excluding hydrogens is 300 g/mol. The summed E-state index contributed by atoms with van der Waals surface area (Å²) < 4.78 is 0. The van der Waals surface area contributed by atoms with Gasteiger partial charge in [-0.05, 0) is 42.5 Å². The zero-order chi connectivity index (χ0) is 16.8. The number of benzene rings is 2. The first-order chi connectivity index (χ1) is 11.0. The van der Waals surface area contributed by atoms with Gasteiger partial charge in [0.15, 0.2) is 0 Å². The van der Waals surface area contributed by atoms with Crippen LogP contribution in [0.4, 0.5) is 11.4 Å². The van der Waals surface area contributed by atoms with Gasteiger partial charge in [-0.3, -0.25) is 20.2 Å². The topological polar surface area (TPSA) is 107 Å². The number of aliphatic hydroxyl groups excluding tert-OH is 1.